The number of hydrogen-bond acceptors (Lipinski definition) is 4. The van der Waals surface area contributed by atoms with Gasteiger partial charge in [-0.25, -0.2) is 9.59 Å². The van der Waals surface area contributed by atoms with Crippen LogP contribution in [0.25, 0.3) is 0 Å². The van der Waals surface area contributed by atoms with Crippen LogP contribution in [0.1, 0.15) is 13.8 Å². The lowest BCUT2D eigenvalue weighted by Gasteiger charge is -2.05. The molecule has 0 aromatic heterocycles. The van der Waals surface area contributed by atoms with E-state index in [0.29, 0.717) is 0 Å². The third-order valence-electron chi connectivity index (χ3n) is 1.39. The first-order valence-electron chi connectivity index (χ1n) is 4.44. The van der Waals surface area contributed by atoms with Crippen molar-refractivity contribution in [1.82, 2.24) is 0 Å². The van der Waals surface area contributed by atoms with Gasteiger partial charge in [0.1, 0.15) is 5.03 Å². The van der Waals surface area contributed by atoms with Crippen molar-refractivity contribution in [2.75, 3.05) is 13.2 Å². The van der Waals surface area contributed by atoms with Crippen molar-refractivity contribution in [3.63, 3.8) is 0 Å². The molecule has 0 radical (unpaired) electrons. The van der Waals surface area contributed by atoms with E-state index in [-0.39, 0.29) is 23.8 Å². The zero-order valence-electron chi connectivity index (χ0n) is 8.71. The van der Waals surface area contributed by atoms with E-state index < -0.39 is 11.9 Å². The molecule has 0 aromatic rings. The molecule has 0 amide bonds. The van der Waals surface area contributed by atoms with Crippen LogP contribution in [-0.4, -0.2) is 25.2 Å². The molecule has 0 aliphatic heterocycles. The molecule has 0 heterocycles. The number of rotatable bonds is 5. The summed E-state index contributed by atoms with van der Waals surface area (Å²) in [7, 11) is 0. The van der Waals surface area contributed by atoms with Gasteiger partial charge in [0, 0.05) is 0 Å². The van der Waals surface area contributed by atoms with Crippen molar-refractivity contribution in [1.29, 1.82) is 0 Å². The average Bonchev–Trinajstić information content (AvgIpc) is 2.19. The molecule has 5 heteroatoms. The van der Waals surface area contributed by atoms with Gasteiger partial charge >= 0.3 is 11.9 Å². The van der Waals surface area contributed by atoms with Crippen molar-refractivity contribution < 1.29 is 19.1 Å². The molecule has 0 aliphatic carbocycles. The summed E-state index contributed by atoms with van der Waals surface area (Å²) < 4.78 is 9.31. The van der Waals surface area contributed by atoms with Crippen LogP contribution in [0.5, 0.6) is 0 Å². The first-order chi connectivity index (χ1) is 7.08. The van der Waals surface area contributed by atoms with E-state index in [4.69, 9.17) is 11.6 Å². The van der Waals surface area contributed by atoms with Crippen molar-refractivity contribution in [3.8, 4) is 0 Å². The quantitative estimate of drug-likeness (QED) is 0.412. The second-order valence-corrected chi connectivity index (χ2v) is 2.75. The van der Waals surface area contributed by atoms with Gasteiger partial charge in [0.05, 0.1) is 18.8 Å². The number of ether oxygens (including phenoxy) is 2. The van der Waals surface area contributed by atoms with E-state index in [1.807, 2.05) is 0 Å². The van der Waals surface area contributed by atoms with Crippen LogP contribution in [-0.2, 0) is 19.1 Å². The van der Waals surface area contributed by atoms with Crippen molar-refractivity contribution >= 4 is 23.5 Å². The van der Waals surface area contributed by atoms with Crippen LogP contribution < -0.4 is 0 Å². The Morgan fingerprint density at radius 2 is 1.67 bits per heavy atom. The predicted molar refractivity (Wildman–Crippen MR) is 56.3 cm³/mol. The summed E-state index contributed by atoms with van der Waals surface area (Å²) in [6.07, 6.45) is 1.16. The summed E-state index contributed by atoms with van der Waals surface area (Å²) in [6.45, 7) is 7.05. The van der Waals surface area contributed by atoms with Gasteiger partial charge in [-0.05, 0) is 13.8 Å². The molecule has 0 aromatic carbocycles. The first-order valence-corrected chi connectivity index (χ1v) is 4.82. The molecule has 84 valence electrons. The summed E-state index contributed by atoms with van der Waals surface area (Å²) in [6, 6.07) is 0. The monoisotopic (exact) mass is 232 g/mol. The van der Waals surface area contributed by atoms with Crippen LogP contribution >= 0.6 is 11.6 Å². The lowest BCUT2D eigenvalue weighted by atomic mass is 10.2. The first kappa shape index (κ1) is 13.7. The molecular formula is C10H13ClO4. The normalized spacial score (nSPS) is 11.4. The standard InChI is InChI=1S/C10H13ClO4/c1-4-7(9(12)14-5-2)8(11)10(13)15-6-3/h4H,1,5-6H2,2-3H3/b8-7-. The van der Waals surface area contributed by atoms with E-state index in [2.05, 4.69) is 16.1 Å². The Morgan fingerprint density at radius 3 is 2.07 bits per heavy atom. The molecule has 0 fully saturated rings. The Balaban J connectivity index is 4.88. The fraction of sp³-hybridized carbons (Fsp3) is 0.400. The Hall–Kier alpha value is -1.29. The van der Waals surface area contributed by atoms with Gasteiger partial charge in [0.15, 0.2) is 0 Å². The molecule has 4 nitrogen and oxygen atoms in total. The third-order valence-corrected chi connectivity index (χ3v) is 1.75. The molecule has 15 heavy (non-hydrogen) atoms. The van der Waals surface area contributed by atoms with Crippen LogP contribution in [0.3, 0.4) is 0 Å². The minimum Gasteiger partial charge on any atom is -0.462 e. The average molecular weight is 233 g/mol. The summed E-state index contributed by atoms with van der Waals surface area (Å²) >= 11 is 5.64. The summed E-state index contributed by atoms with van der Waals surface area (Å²) in [4.78, 5) is 22.5. The van der Waals surface area contributed by atoms with Gasteiger partial charge in [-0.2, -0.15) is 0 Å². The number of esters is 2. The van der Waals surface area contributed by atoms with Gasteiger partial charge < -0.3 is 9.47 Å². The van der Waals surface area contributed by atoms with Crippen LogP contribution in [0.4, 0.5) is 0 Å². The molecule has 0 saturated carbocycles. The second kappa shape index (κ2) is 7.06. The smallest absolute Gasteiger partial charge is 0.350 e. The fourth-order valence-electron chi connectivity index (χ4n) is 0.776. The van der Waals surface area contributed by atoms with Crippen LogP contribution in [0, 0.1) is 0 Å². The van der Waals surface area contributed by atoms with Crippen molar-refractivity contribution in [2.45, 2.75) is 13.8 Å². The van der Waals surface area contributed by atoms with E-state index in [1.54, 1.807) is 13.8 Å². The minimum absolute atomic E-state index is 0.0861. The van der Waals surface area contributed by atoms with Gasteiger partial charge in [0.2, 0.25) is 0 Å². The molecule has 0 spiro atoms. The Bertz CT molecular complexity index is 294. The molecule has 0 N–H and O–H groups in total. The molecule has 0 saturated heterocycles. The lowest BCUT2D eigenvalue weighted by Crippen LogP contribution is -2.12. The molecule has 0 rings (SSSR count). The van der Waals surface area contributed by atoms with Gasteiger partial charge in [0.25, 0.3) is 0 Å². The lowest BCUT2D eigenvalue weighted by molar-refractivity contribution is -0.141. The highest BCUT2D eigenvalue weighted by molar-refractivity contribution is 6.43. The fourth-order valence-corrected chi connectivity index (χ4v) is 0.985. The molecular weight excluding hydrogens is 220 g/mol. The van der Waals surface area contributed by atoms with E-state index in [9.17, 15) is 9.59 Å². The van der Waals surface area contributed by atoms with Crippen LogP contribution in [0.2, 0.25) is 0 Å². The maximum atomic E-state index is 11.3. The maximum Gasteiger partial charge on any atom is 0.350 e. The topological polar surface area (TPSA) is 52.6 Å². The van der Waals surface area contributed by atoms with E-state index in [1.165, 1.54) is 0 Å². The third kappa shape index (κ3) is 4.16. The van der Waals surface area contributed by atoms with Crippen LogP contribution in [0.15, 0.2) is 23.3 Å². The summed E-state index contributed by atoms with van der Waals surface area (Å²) in [5, 5.41) is -0.315. The molecule has 0 atom stereocenters. The van der Waals surface area contributed by atoms with Gasteiger partial charge in [-0.3, -0.25) is 0 Å². The maximum absolute atomic E-state index is 11.3. The Morgan fingerprint density at radius 1 is 1.20 bits per heavy atom. The highest BCUT2D eigenvalue weighted by atomic mass is 35.5. The largest absolute Gasteiger partial charge is 0.462 e. The Kier molecular flexibility index (Phi) is 6.45. The number of hydrogen-bond donors (Lipinski definition) is 0. The van der Waals surface area contributed by atoms with Gasteiger partial charge in [-0.1, -0.05) is 24.3 Å². The van der Waals surface area contributed by atoms with E-state index in [0.717, 1.165) is 6.08 Å². The van der Waals surface area contributed by atoms with Crippen molar-refractivity contribution in [2.24, 2.45) is 0 Å². The highest BCUT2D eigenvalue weighted by Crippen LogP contribution is 2.14. The molecule has 0 aliphatic rings. The zero-order chi connectivity index (χ0) is 11.8. The van der Waals surface area contributed by atoms with Gasteiger partial charge in [-0.15, -0.1) is 0 Å². The number of carbonyl (C=O) groups is 2. The van der Waals surface area contributed by atoms with E-state index >= 15 is 0 Å². The SMILES string of the molecule is C=C/C(C(=O)OCC)=C(/Cl)C(=O)OCC. The minimum atomic E-state index is -0.762. The molecule has 0 bridgehead atoms. The zero-order valence-corrected chi connectivity index (χ0v) is 9.47. The number of halogens is 1. The number of carbonyl (C=O) groups excluding carboxylic acids is 2. The second-order valence-electron chi connectivity index (χ2n) is 2.37. The Labute approximate surface area is 93.5 Å². The summed E-state index contributed by atoms with van der Waals surface area (Å²) in [5.41, 5.74) is -0.0861. The highest BCUT2D eigenvalue weighted by Gasteiger charge is 2.18. The van der Waals surface area contributed by atoms with Crippen molar-refractivity contribution in [3.05, 3.63) is 23.3 Å². The predicted octanol–water partition coefficient (Wildman–Crippen LogP) is 1.79. The molecule has 0 unspecified atom stereocenters. The summed E-state index contributed by atoms with van der Waals surface area (Å²) in [5.74, 6) is -1.45.